The molecule has 0 bridgehead atoms. The van der Waals surface area contributed by atoms with Crippen LogP contribution in [0.25, 0.3) is 11.0 Å². The summed E-state index contributed by atoms with van der Waals surface area (Å²) in [6.07, 6.45) is 3.93. The molecule has 0 amide bonds. The van der Waals surface area contributed by atoms with E-state index in [9.17, 15) is 0 Å². The first-order valence-corrected chi connectivity index (χ1v) is 8.11. The monoisotopic (exact) mass is 275 g/mol. The largest absolute Gasteiger partial charge is 0.399 e. The molecule has 2 atom stereocenters. The van der Waals surface area contributed by atoms with E-state index in [0.717, 1.165) is 22.3 Å². The Morgan fingerprint density at radius 2 is 2.26 bits per heavy atom. The first-order valence-electron chi connectivity index (χ1n) is 7.06. The number of aryl methyl sites for hydroxylation is 1. The number of anilines is 1. The Morgan fingerprint density at radius 3 is 3.05 bits per heavy atom. The summed E-state index contributed by atoms with van der Waals surface area (Å²) < 4.78 is 2.44. The lowest BCUT2D eigenvalue weighted by molar-refractivity contribution is 0.529. The van der Waals surface area contributed by atoms with Crippen LogP contribution in [0.1, 0.15) is 38.1 Å². The number of aromatic nitrogens is 2. The smallest absolute Gasteiger partial charge is 0.107 e. The minimum Gasteiger partial charge on any atom is -0.399 e. The third kappa shape index (κ3) is 2.22. The molecule has 3 nitrogen and oxygen atoms in total. The molecular formula is C15H21N3S. The zero-order valence-corrected chi connectivity index (χ0v) is 12.4. The van der Waals surface area contributed by atoms with Gasteiger partial charge in [-0.2, -0.15) is 11.8 Å². The average Bonchev–Trinajstić information content (AvgIpc) is 2.92. The first kappa shape index (κ1) is 12.9. The number of nitrogens with two attached hydrogens (primary N) is 1. The SMILES string of the molecule is CCSC1CCCC1n1c(C)nc2cc(N)ccc21. The van der Waals surface area contributed by atoms with Gasteiger partial charge in [-0.05, 0) is 43.7 Å². The van der Waals surface area contributed by atoms with Crippen LogP contribution in [-0.2, 0) is 0 Å². The van der Waals surface area contributed by atoms with Crippen molar-refractivity contribution in [2.75, 3.05) is 11.5 Å². The molecule has 102 valence electrons. The average molecular weight is 275 g/mol. The van der Waals surface area contributed by atoms with Crippen LogP contribution in [0.3, 0.4) is 0 Å². The van der Waals surface area contributed by atoms with Gasteiger partial charge in [0.1, 0.15) is 5.82 Å². The first-order chi connectivity index (χ1) is 9.20. The summed E-state index contributed by atoms with van der Waals surface area (Å²) in [7, 11) is 0. The molecule has 0 spiro atoms. The van der Waals surface area contributed by atoms with E-state index in [4.69, 9.17) is 5.73 Å². The highest BCUT2D eigenvalue weighted by Crippen LogP contribution is 2.40. The van der Waals surface area contributed by atoms with Gasteiger partial charge in [0.05, 0.1) is 11.0 Å². The molecule has 0 radical (unpaired) electrons. The summed E-state index contributed by atoms with van der Waals surface area (Å²) in [4.78, 5) is 4.69. The number of nitrogens with zero attached hydrogens (tertiary/aromatic N) is 2. The van der Waals surface area contributed by atoms with Gasteiger partial charge in [0.15, 0.2) is 0 Å². The van der Waals surface area contributed by atoms with Crippen LogP contribution < -0.4 is 5.73 Å². The van der Waals surface area contributed by atoms with Gasteiger partial charge >= 0.3 is 0 Å². The van der Waals surface area contributed by atoms with Crippen molar-refractivity contribution in [1.82, 2.24) is 9.55 Å². The second kappa shape index (κ2) is 5.08. The summed E-state index contributed by atoms with van der Waals surface area (Å²) in [5.41, 5.74) is 8.92. The Labute approximate surface area is 118 Å². The van der Waals surface area contributed by atoms with Crippen molar-refractivity contribution in [3.63, 3.8) is 0 Å². The van der Waals surface area contributed by atoms with Crippen molar-refractivity contribution in [2.24, 2.45) is 0 Å². The number of thioether (sulfide) groups is 1. The fourth-order valence-electron chi connectivity index (χ4n) is 3.27. The zero-order chi connectivity index (χ0) is 13.4. The summed E-state index contributed by atoms with van der Waals surface area (Å²) in [5, 5.41) is 0.735. The van der Waals surface area contributed by atoms with E-state index in [1.165, 1.54) is 30.5 Å². The maximum Gasteiger partial charge on any atom is 0.107 e. The molecule has 1 aromatic carbocycles. The van der Waals surface area contributed by atoms with Crippen molar-refractivity contribution in [3.05, 3.63) is 24.0 Å². The Hall–Kier alpha value is -1.16. The van der Waals surface area contributed by atoms with Crippen LogP contribution >= 0.6 is 11.8 Å². The topological polar surface area (TPSA) is 43.8 Å². The summed E-state index contributed by atoms with van der Waals surface area (Å²) in [6, 6.07) is 6.68. The molecule has 1 aromatic heterocycles. The lowest BCUT2D eigenvalue weighted by Crippen LogP contribution is -2.17. The fraction of sp³-hybridized carbons (Fsp3) is 0.533. The van der Waals surface area contributed by atoms with Crippen molar-refractivity contribution >= 4 is 28.5 Å². The van der Waals surface area contributed by atoms with Gasteiger partial charge in [0, 0.05) is 17.0 Å². The molecule has 0 saturated heterocycles. The molecule has 19 heavy (non-hydrogen) atoms. The van der Waals surface area contributed by atoms with Gasteiger partial charge in [-0.1, -0.05) is 13.3 Å². The Balaban J connectivity index is 2.06. The van der Waals surface area contributed by atoms with E-state index in [-0.39, 0.29) is 0 Å². The van der Waals surface area contributed by atoms with Crippen LogP contribution in [0.15, 0.2) is 18.2 Å². The predicted molar refractivity (Wildman–Crippen MR) is 83.7 cm³/mol. The third-order valence-electron chi connectivity index (χ3n) is 4.02. The summed E-state index contributed by atoms with van der Waals surface area (Å²) >= 11 is 2.09. The van der Waals surface area contributed by atoms with Crippen LogP contribution in [0.5, 0.6) is 0 Å². The van der Waals surface area contributed by atoms with Crippen molar-refractivity contribution < 1.29 is 0 Å². The third-order valence-corrected chi connectivity index (χ3v) is 5.33. The Morgan fingerprint density at radius 1 is 1.42 bits per heavy atom. The highest BCUT2D eigenvalue weighted by Gasteiger charge is 2.30. The molecule has 2 unspecified atom stereocenters. The Bertz CT molecular complexity index is 590. The second-order valence-electron chi connectivity index (χ2n) is 5.27. The van der Waals surface area contributed by atoms with E-state index in [1.807, 2.05) is 12.1 Å². The lowest BCUT2D eigenvalue weighted by atomic mass is 10.2. The van der Waals surface area contributed by atoms with E-state index >= 15 is 0 Å². The van der Waals surface area contributed by atoms with Gasteiger partial charge < -0.3 is 10.3 Å². The number of fused-ring (bicyclic) bond motifs is 1. The van der Waals surface area contributed by atoms with E-state index in [2.05, 4.69) is 41.2 Å². The van der Waals surface area contributed by atoms with Crippen molar-refractivity contribution in [2.45, 2.75) is 44.4 Å². The lowest BCUT2D eigenvalue weighted by Gasteiger charge is -2.22. The molecule has 0 aliphatic heterocycles. The highest BCUT2D eigenvalue weighted by atomic mass is 32.2. The van der Waals surface area contributed by atoms with Gasteiger partial charge in [-0.25, -0.2) is 4.98 Å². The molecule has 1 aliphatic rings. The Kier molecular flexibility index (Phi) is 3.44. The molecule has 1 aliphatic carbocycles. The number of nitrogen functional groups attached to an aromatic ring is 1. The molecule has 1 saturated carbocycles. The number of hydrogen-bond donors (Lipinski definition) is 1. The van der Waals surface area contributed by atoms with Crippen molar-refractivity contribution in [3.8, 4) is 0 Å². The maximum atomic E-state index is 5.86. The van der Waals surface area contributed by atoms with Crippen LogP contribution in [0.2, 0.25) is 0 Å². The number of imidazole rings is 1. The highest BCUT2D eigenvalue weighted by molar-refractivity contribution is 7.99. The predicted octanol–water partition coefficient (Wildman–Crippen LogP) is 3.77. The molecule has 2 N–H and O–H groups in total. The van der Waals surface area contributed by atoms with E-state index in [0.29, 0.717) is 6.04 Å². The standard InChI is InChI=1S/C15H21N3S/c1-3-19-15-6-4-5-14(15)18-10(2)17-12-9-11(16)7-8-13(12)18/h7-9,14-15H,3-6,16H2,1-2H3. The maximum absolute atomic E-state index is 5.86. The molecule has 1 fully saturated rings. The van der Waals surface area contributed by atoms with Crippen LogP contribution in [-0.4, -0.2) is 20.6 Å². The molecule has 2 aromatic rings. The van der Waals surface area contributed by atoms with Crippen LogP contribution in [0.4, 0.5) is 5.69 Å². The molecule has 1 heterocycles. The number of benzene rings is 1. The summed E-state index contributed by atoms with van der Waals surface area (Å²) in [6.45, 7) is 4.36. The molecular weight excluding hydrogens is 254 g/mol. The molecule has 4 heteroatoms. The quantitative estimate of drug-likeness (QED) is 0.867. The fourth-order valence-corrected chi connectivity index (χ4v) is 4.51. The minimum absolute atomic E-state index is 0.596. The summed E-state index contributed by atoms with van der Waals surface area (Å²) in [5.74, 6) is 2.31. The van der Waals surface area contributed by atoms with Gasteiger partial charge in [-0.15, -0.1) is 0 Å². The van der Waals surface area contributed by atoms with Crippen LogP contribution in [0, 0.1) is 6.92 Å². The zero-order valence-electron chi connectivity index (χ0n) is 11.6. The van der Waals surface area contributed by atoms with Gasteiger partial charge in [0.2, 0.25) is 0 Å². The van der Waals surface area contributed by atoms with Crippen molar-refractivity contribution in [1.29, 1.82) is 0 Å². The van der Waals surface area contributed by atoms with Gasteiger partial charge in [-0.3, -0.25) is 0 Å². The number of hydrogen-bond acceptors (Lipinski definition) is 3. The van der Waals surface area contributed by atoms with E-state index in [1.54, 1.807) is 0 Å². The van der Waals surface area contributed by atoms with E-state index < -0.39 is 0 Å². The minimum atomic E-state index is 0.596. The van der Waals surface area contributed by atoms with Gasteiger partial charge in [0.25, 0.3) is 0 Å². The number of rotatable bonds is 3. The molecule has 3 rings (SSSR count). The second-order valence-corrected chi connectivity index (χ2v) is 6.79. The normalized spacial score (nSPS) is 23.3.